The molecule has 0 aliphatic carbocycles. The average molecular weight is 472 g/mol. The van der Waals surface area contributed by atoms with Gasteiger partial charge in [-0.15, -0.1) is 0 Å². The van der Waals surface area contributed by atoms with Gasteiger partial charge in [0.1, 0.15) is 6.23 Å². The van der Waals surface area contributed by atoms with Crippen LogP contribution in [-0.4, -0.2) is 83.1 Å². The second-order valence-corrected chi connectivity index (χ2v) is 11.6. The van der Waals surface area contributed by atoms with Gasteiger partial charge in [-0.05, 0) is 36.8 Å². The van der Waals surface area contributed by atoms with Crippen molar-refractivity contribution in [3.63, 3.8) is 0 Å². The van der Waals surface area contributed by atoms with E-state index in [1.807, 2.05) is 0 Å². The van der Waals surface area contributed by atoms with Crippen LogP contribution in [0.3, 0.4) is 0 Å². The van der Waals surface area contributed by atoms with Crippen LogP contribution in [0.2, 0.25) is 0 Å². The lowest BCUT2D eigenvalue weighted by atomic mass is 10.1. The van der Waals surface area contributed by atoms with Crippen molar-refractivity contribution in [3.05, 3.63) is 36.9 Å². The van der Waals surface area contributed by atoms with Gasteiger partial charge in [0.25, 0.3) is 0 Å². The Bertz CT molecular complexity index is 1040. The lowest BCUT2D eigenvalue weighted by Gasteiger charge is -2.26. The van der Waals surface area contributed by atoms with E-state index >= 15 is 0 Å². The van der Waals surface area contributed by atoms with Crippen molar-refractivity contribution in [3.8, 4) is 0 Å². The number of morpholine rings is 1. The largest absolute Gasteiger partial charge is 0.379 e. The molecule has 3 heterocycles. The van der Waals surface area contributed by atoms with E-state index in [4.69, 9.17) is 9.47 Å². The summed E-state index contributed by atoms with van der Waals surface area (Å²) in [5.74, 6) is -0.354. The first-order chi connectivity index (χ1) is 14.7. The molecule has 3 aliphatic heterocycles. The molecule has 1 amide bonds. The highest BCUT2D eigenvalue weighted by atomic mass is 32.2. The van der Waals surface area contributed by atoms with Crippen LogP contribution in [0.4, 0.5) is 0 Å². The summed E-state index contributed by atoms with van der Waals surface area (Å²) in [4.78, 5) is 11.5. The number of sulfonamides is 2. The van der Waals surface area contributed by atoms with Crippen molar-refractivity contribution >= 4 is 26.0 Å². The Balaban J connectivity index is 1.43. The van der Waals surface area contributed by atoms with Crippen LogP contribution < -0.4 is 5.32 Å². The summed E-state index contributed by atoms with van der Waals surface area (Å²) in [5.41, 5.74) is 0. The molecule has 3 saturated heterocycles. The highest BCUT2D eigenvalue weighted by Crippen LogP contribution is 2.35. The maximum atomic E-state index is 13.0. The van der Waals surface area contributed by atoms with Crippen LogP contribution in [0.25, 0.3) is 0 Å². The zero-order valence-corrected chi connectivity index (χ0v) is 18.5. The van der Waals surface area contributed by atoms with E-state index in [1.165, 1.54) is 32.9 Å². The fourth-order valence-electron chi connectivity index (χ4n) is 4.10. The van der Waals surface area contributed by atoms with Crippen molar-refractivity contribution in [2.45, 2.75) is 28.5 Å². The number of nitrogens with zero attached hydrogens (tertiary/aromatic N) is 2. The van der Waals surface area contributed by atoms with Crippen molar-refractivity contribution in [2.75, 3.05) is 39.4 Å². The van der Waals surface area contributed by atoms with Crippen LogP contribution in [0.5, 0.6) is 0 Å². The molecule has 31 heavy (non-hydrogen) atoms. The second-order valence-electron chi connectivity index (χ2n) is 7.68. The first-order valence-electron chi connectivity index (χ1n) is 9.98. The van der Waals surface area contributed by atoms with Gasteiger partial charge in [-0.25, -0.2) is 16.8 Å². The predicted octanol–water partition coefficient (Wildman–Crippen LogP) is -0.255. The third-order valence-electron chi connectivity index (χ3n) is 5.76. The minimum atomic E-state index is -3.79. The number of rotatable bonds is 6. The number of carbonyl (C=O) groups is 1. The summed E-state index contributed by atoms with van der Waals surface area (Å²) in [6.07, 6.45) is 0.935. The molecule has 0 saturated carbocycles. The second kappa shape index (κ2) is 8.60. The maximum absolute atomic E-state index is 13.0. The van der Waals surface area contributed by atoms with Gasteiger partial charge < -0.3 is 14.8 Å². The van der Waals surface area contributed by atoms with Crippen molar-refractivity contribution in [1.82, 2.24) is 13.9 Å². The number of hydrogen-bond acceptors (Lipinski definition) is 7. The Labute approximate surface area is 181 Å². The lowest BCUT2D eigenvalue weighted by Crippen LogP contribution is -2.40. The van der Waals surface area contributed by atoms with Gasteiger partial charge >= 0.3 is 0 Å². The maximum Gasteiger partial charge on any atom is 0.245 e. The number of amides is 1. The molecule has 3 atom stereocenters. The molecule has 1 aromatic carbocycles. The molecule has 1 N–H and O–H groups in total. The van der Waals surface area contributed by atoms with Crippen LogP contribution in [0, 0.1) is 5.92 Å². The van der Waals surface area contributed by atoms with E-state index in [9.17, 15) is 21.6 Å². The van der Waals surface area contributed by atoms with E-state index < -0.39 is 26.3 Å². The van der Waals surface area contributed by atoms with Crippen LogP contribution in [-0.2, 0) is 34.3 Å². The summed E-state index contributed by atoms with van der Waals surface area (Å²) in [6.45, 7) is 5.08. The smallest absolute Gasteiger partial charge is 0.245 e. The standard InChI is InChI=1S/C19H25N3O7S2/c1-2-18(23)20-19-11-14-12-22(13-17(14)29-19)31(26,27)16-5-3-15(4-6-16)30(24,25)21-7-9-28-10-8-21/h2-6,14,17,19H,1,7-13H2,(H,20,23). The van der Waals surface area contributed by atoms with Gasteiger partial charge in [0, 0.05) is 32.1 Å². The van der Waals surface area contributed by atoms with Crippen molar-refractivity contribution in [2.24, 2.45) is 5.92 Å². The number of nitrogens with one attached hydrogen (secondary N) is 1. The summed E-state index contributed by atoms with van der Waals surface area (Å²) in [5, 5.41) is 2.67. The number of benzene rings is 1. The van der Waals surface area contributed by atoms with Gasteiger partial charge in [0.15, 0.2) is 0 Å². The third-order valence-corrected chi connectivity index (χ3v) is 9.52. The molecule has 4 rings (SSSR count). The fourth-order valence-corrected chi connectivity index (χ4v) is 7.02. The third kappa shape index (κ3) is 4.41. The predicted molar refractivity (Wildman–Crippen MR) is 110 cm³/mol. The number of carbonyl (C=O) groups excluding carboxylic acids is 1. The van der Waals surface area contributed by atoms with E-state index in [2.05, 4.69) is 11.9 Å². The van der Waals surface area contributed by atoms with Crippen molar-refractivity contribution < 1.29 is 31.1 Å². The minimum Gasteiger partial charge on any atom is -0.379 e. The fraction of sp³-hybridized carbons (Fsp3) is 0.526. The summed E-state index contributed by atoms with van der Waals surface area (Å²) in [6, 6.07) is 5.30. The zero-order chi connectivity index (χ0) is 22.2. The highest BCUT2D eigenvalue weighted by molar-refractivity contribution is 7.89. The quantitative estimate of drug-likeness (QED) is 0.568. The topological polar surface area (TPSA) is 122 Å². The van der Waals surface area contributed by atoms with Gasteiger partial charge in [0.2, 0.25) is 26.0 Å². The van der Waals surface area contributed by atoms with Crippen LogP contribution in [0.15, 0.2) is 46.7 Å². The Kier molecular flexibility index (Phi) is 6.21. The SMILES string of the molecule is C=CC(=O)NC1CC2CN(S(=O)(=O)c3ccc(S(=O)(=O)N4CCOCC4)cc3)CC2O1. The van der Waals surface area contributed by atoms with E-state index in [0.717, 1.165) is 6.08 Å². The first kappa shape index (κ1) is 22.4. The number of ether oxygens (including phenoxy) is 2. The molecule has 0 spiro atoms. The monoisotopic (exact) mass is 471 g/mol. The molecule has 170 valence electrons. The molecule has 12 heteroatoms. The number of hydrogen-bond donors (Lipinski definition) is 1. The Hall–Kier alpha value is -1.83. The molecule has 0 bridgehead atoms. The van der Waals surface area contributed by atoms with E-state index in [0.29, 0.717) is 19.6 Å². The van der Waals surface area contributed by atoms with E-state index in [-0.39, 0.29) is 53.9 Å². The summed E-state index contributed by atoms with van der Waals surface area (Å²) < 4.78 is 65.2. The molecule has 10 nitrogen and oxygen atoms in total. The van der Waals surface area contributed by atoms with Gasteiger partial charge in [-0.1, -0.05) is 6.58 Å². The normalized spacial score (nSPS) is 27.7. The van der Waals surface area contributed by atoms with Gasteiger partial charge in [-0.3, -0.25) is 4.79 Å². The highest BCUT2D eigenvalue weighted by Gasteiger charge is 2.46. The molecule has 3 aliphatic rings. The summed E-state index contributed by atoms with van der Waals surface area (Å²) in [7, 11) is -7.48. The van der Waals surface area contributed by atoms with Gasteiger partial charge in [0.05, 0.1) is 29.1 Å². The van der Waals surface area contributed by atoms with Crippen molar-refractivity contribution in [1.29, 1.82) is 0 Å². The van der Waals surface area contributed by atoms with Gasteiger partial charge in [-0.2, -0.15) is 8.61 Å². The van der Waals surface area contributed by atoms with Crippen LogP contribution in [0.1, 0.15) is 6.42 Å². The molecule has 3 unspecified atom stereocenters. The molecular formula is C19H25N3O7S2. The molecule has 0 radical (unpaired) electrons. The van der Waals surface area contributed by atoms with Crippen LogP contribution >= 0.6 is 0 Å². The zero-order valence-electron chi connectivity index (χ0n) is 16.8. The average Bonchev–Trinajstić information content (AvgIpc) is 3.33. The minimum absolute atomic E-state index is 0.0224. The lowest BCUT2D eigenvalue weighted by molar-refractivity contribution is -0.120. The Morgan fingerprint density at radius 3 is 2.13 bits per heavy atom. The summed E-state index contributed by atoms with van der Waals surface area (Å²) >= 11 is 0. The number of fused-ring (bicyclic) bond motifs is 1. The Morgan fingerprint density at radius 1 is 1.00 bits per heavy atom. The molecular weight excluding hydrogens is 446 g/mol. The first-order valence-corrected chi connectivity index (χ1v) is 12.9. The Morgan fingerprint density at radius 2 is 1.58 bits per heavy atom. The molecule has 1 aromatic rings. The van der Waals surface area contributed by atoms with E-state index in [1.54, 1.807) is 0 Å². The molecule has 3 fully saturated rings. The molecule has 0 aromatic heterocycles.